The first-order chi connectivity index (χ1) is 14.7. The van der Waals surface area contributed by atoms with E-state index in [1.165, 1.54) is 11.1 Å². The van der Waals surface area contributed by atoms with E-state index in [-0.39, 0.29) is 18.0 Å². The lowest BCUT2D eigenvalue weighted by Gasteiger charge is -2.43. The number of hydrogen-bond donors (Lipinski definition) is 2. The zero-order chi connectivity index (χ0) is 20.8. The van der Waals surface area contributed by atoms with Crippen molar-refractivity contribution in [3.8, 4) is 11.8 Å². The van der Waals surface area contributed by atoms with Crippen molar-refractivity contribution in [3.05, 3.63) is 108 Å². The summed E-state index contributed by atoms with van der Waals surface area (Å²) < 4.78 is 0. The third kappa shape index (κ3) is 4.49. The molecule has 3 aromatic carbocycles. The van der Waals surface area contributed by atoms with Crippen molar-refractivity contribution in [2.24, 2.45) is 5.92 Å². The quantitative estimate of drug-likeness (QED) is 0.620. The molecule has 30 heavy (non-hydrogen) atoms. The molecule has 1 aliphatic heterocycles. The van der Waals surface area contributed by atoms with Crippen molar-refractivity contribution < 1.29 is 10.4 Å². The molecule has 1 saturated heterocycles. The molecule has 2 nitrogen and oxygen atoms in total. The average molecular weight is 397 g/mol. The summed E-state index contributed by atoms with van der Waals surface area (Å²) in [4.78, 5) is 0. The van der Waals surface area contributed by atoms with Crippen LogP contribution >= 0.6 is 0 Å². The van der Waals surface area contributed by atoms with E-state index in [9.17, 15) is 5.11 Å². The van der Waals surface area contributed by atoms with Crippen molar-refractivity contribution in [1.29, 1.82) is 0 Å². The second-order valence-corrected chi connectivity index (χ2v) is 8.29. The molecule has 3 aromatic rings. The van der Waals surface area contributed by atoms with Gasteiger partial charge in [0.1, 0.15) is 17.7 Å². The van der Waals surface area contributed by atoms with Crippen molar-refractivity contribution in [1.82, 2.24) is 0 Å². The van der Waals surface area contributed by atoms with Crippen LogP contribution in [0.1, 0.15) is 55.0 Å². The average Bonchev–Trinajstić information content (AvgIpc) is 2.81. The smallest absolute Gasteiger partial charge is 0.140 e. The zero-order valence-corrected chi connectivity index (χ0v) is 17.5. The van der Waals surface area contributed by atoms with Gasteiger partial charge in [-0.15, -0.1) is 0 Å². The molecule has 0 unspecified atom stereocenters. The molecule has 1 fully saturated rings. The van der Waals surface area contributed by atoms with E-state index < -0.39 is 5.60 Å². The monoisotopic (exact) mass is 396 g/mol. The fourth-order valence-electron chi connectivity index (χ4n) is 4.76. The minimum atomic E-state index is -1.04. The lowest BCUT2D eigenvalue weighted by atomic mass is 9.69. The Balaban J connectivity index is 1.77. The largest absolute Gasteiger partial charge is 0.377 e. The Morgan fingerprint density at radius 3 is 2.03 bits per heavy atom. The molecule has 0 saturated carbocycles. The molecule has 3 N–H and O–H groups in total. The Morgan fingerprint density at radius 2 is 1.43 bits per heavy atom. The molecular formula is C28H30NO+. The number of hydrogen-bond acceptors (Lipinski definition) is 1. The van der Waals surface area contributed by atoms with Gasteiger partial charge in [-0.05, 0) is 18.6 Å². The molecule has 4 atom stereocenters. The molecule has 1 aliphatic rings. The van der Waals surface area contributed by atoms with Crippen LogP contribution in [0.5, 0.6) is 0 Å². The van der Waals surface area contributed by atoms with Crippen LogP contribution in [0.25, 0.3) is 0 Å². The second kappa shape index (κ2) is 9.30. The maximum atomic E-state index is 12.0. The number of piperidine rings is 1. The molecule has 0 bridgehead atoms. The summed E-state index contributed by atoms with van der Waals surface area (Å²) in [6.45, 7) is 2.19. The highest BCUT2D eigenvalue weighted by molar-refractivity contribution is 5.37. The third-order valence-electron chi connectivity index (χ3n) is 6.23. The van der Waals surface area contributed by atoms with Gasteiger partial charge in [0, 0.05) is 23.1 Å². The minimum absolute atomic E-state index is 0.0704. The number of quaternary nitrogens is 1. The number of benzene rings is 3. The van der Waals surface area contributed by atoms with Crippen LogP contribution in [0.4, 0.5) is 0 Å². The SMILES string of the molecule is CCC[C@H]1[C@H](c2ccccc2)[NH2+][C@H](c2ccccc2)C[C@]1(O)C#Cc1ccccc1. The van der Waals surface area contributed by atoms with Gasteiger partial charge in [0.05, 0.1) is 5.92 Å². The number of rotatable bonds is 4. The summed E-state index contributed by atoms with van der Waals surface area (Å²) >= 11 is 0. The Labute approximate surface area is 180 Å². The van der Waals surface area contributed by atoms with E-state index in [1.807, 2.05) is 36.4 Å². The Hall–Kier alpha value is -2.86. The highest BCUT2D eigenvalue weighted by Crippen LogP contribution is 2.41. The van der Waals surface area contributed by atoms with Crippen LogP contribution in [-0.4, -0.2) is 10.7 Å². The first-order valence-electron chi connectivity index (χ1n) is 10.9. The first-order valence-corrected chi connectivity index (χ1v) is 10.9. The van der Waals surface area contributed by atoms with Crippen LogP contribution in [0.15, 0.2) is 91.0 Å². The topological polar surface area (TPSA) is 36.8 Å². The first kappa shape index (κ1) is 20.4. The molecule has 152 valence electrons. The third-order valence-corrected chi connectivity index (χ3v) is 6.23. The van der Waals surface area contributed by atoms with Gasteiger partial charge in [0.15, 0.2) is 0 Å². The van der Waals surface area contributed by atoms with Crippen LogP contribution in [-0.2, 0) is 0 Å². The lowest BCUT2D eigenvalue weighted by molar-refractivity contribution is -0.755. The molecule has 4 rings (SSSR count). The van der Waals surface area contributed by atoms with Gasteiger partial charge in [-0.1, -0.05) is 104 Å². The summed E-state index contributed by atoms with van der Waals surface area (Å²) in [7, 11) is 0. The van der Waals surface area contributed by atoms with Crippen molar-refractivity contribution in [2.45, 2.75) is 43.9 Å². The van der Waals surface area contributed by atoms with Crippen molar-refractivity contribution >= 4 is 0 Å². The van der Waals surface area contributed by atoms with Crippen LogP contribution in [0.3, 0.4) is 0 Å². The normalized spacial score (nSPS) is 25.9. The number of nitrogens with two attached hydrogens (primary N) is 1. The standard InChI is InChI=1S/C28H29NO/c1-2-12-25-27(24-17-10-5-11-18-24)29-26(23-15-8-4-9-16-23)21-28(25,30)20-19-22-13-6-3-7-14-22/h3-11,13-18,25-27,29-30H,2,12,21H2,1H3/p+1/t25-,26-,27-,28+/m0/s1. The maximum Gasteiger partial charge on any atom is 0.140 e. The zero-order valence-electron chi connectivity index (χ0n) is 17.5. The summed E-state index contributed by atoms with van der Waals surface area (Å²) in [5, 5.41) is 14.4. The molecule has 0 radical (unpaired) electrons. The Bertz CT molecular complexity index is 990. The summed E-state index contributed by atoms with van der Waals surface area (Å²) in [6, 6.07) is 31.4. The van der Waals surface area contributed by atoms with Gasteiger partial charge in [-0.3, -0.25) is 0 Å². The predicted molar refractivity (Wildman–Crippen MR) is 122 cm³/mol. The minimum Gasteiger partial charge on any atom is -0.377 e. The Kier molecular flexibility index (Phi) is 6.33. The maximum absolute atomic E-state index is 12.0. The van der Waals surface area contributed by atoms with Gasteiger partial charge >= 0.3 is 0 Å². The number of aliphatic hydroxyl groups is 1. The molecule has 2 heteroatoms. The summed E-state index contributed by atoms with van der Waals surface area (Å²) in [5.41, 5.74) is 2.41. The van der Waals surface area contributed by atoms with Gasteiger partial charge in [0.25, 0.3) is 0 Å². The highest BCUT2D eigenvalue weighted by Gasteiger charge is 2.50. The van der Waals surface area contributed by atoms with Gasteiger partial charge < -0.3 is 10.4 Å². The van der Waals surface area contributed by atoms with Crippen LogP contribution in [0.2, 0.25) is 0 Å². The second-order valence-electron chi connectivity index (χ2n) is 8.29. The molecule has 0 spiro atoms. The summed E-state index contributed by atoms with van der Waals surface area (Å²) in [5.74, 6) is 6.68. The molecule has 0 amide bonds. The Morgan fingerprint density at radius 1 is 0.867 bits per heavy atom. The predicted octanol–water partition coefficient (Wildman–Crippen LogP) is 4.64. The molecule has 0 aliphatic carbocycles. The van der Waals surface area contributed by atoms with Crippen molar-refractivity contribution in [2.75, 3.05) is 0 Å². The van der Waals surface area contributed by atoms with E-state index in [2.05, 4.69) is 78.7 Å². The van der Waals surface area contributed by atoms with E-state index in [1.54, 1.807) is 0 Å². The van der Waals surface area contributed by atoms with Crippen LogP contribution in [0, 0.1) is 17.8 Å². The van der Waals surface area contributed by atoms with E-state index >= 15 is 0 Å². The van der Waals surface area contributed by atoms with Gasteiger partial charge in [-0.25, -0.2) is 0 Å². The van der Waals surface area contributed by atoms with E-state index in [0.717, 1.165) is 18.4 Å². The van der Waals surface area contributed by atoms with Crippen molar-refractivity contribution in [3.63, 3.8) is 0 Å². The van der Waals surface area contributed by atoms with Gasteiger partial charge in [0.2, 0.25) is 0 Å². The lowest BCUT2D eigenvalue weighted by Crippen LogP contribution is -2.91. The fourth-order valence-corrected chi connectivity index (χ4v) is 4.76. The van der Waals surface area contributed by atoms with Crippen LogP contribution < -0.4 is 5.32 Å². The molecule has 0 aromatic heterocycles. The highest BCUT2D eigenvalue weighted by atomic mass is 16.3. The van der Waals surface area contributed by atoms with E-state index in [4.69, 9.17) is 0 Å². The molecule has 1 heterocycles. The fraction of sp³-hybridized carbons (Fsp3) is 0.286. The summed E-state index contributed by atoms with van der Waals surface area (Å²) in [6.07, 6.45) is 2.59. The van der Waals surface area contributed by atoms with E-state index in [0.29, 0.717) is 6.42 Å². The molecular weight excluding hydrogens is 366 g/mol. The van der Waals surface area contributed by atoms with Gasteiger partial charge in [-0.2, -0.15) is 0 Å².